The molecule has 2 N–H and O–H groups in total. The summed E-state index contributed by atoms with van der Waals surface area (Å²) < 4.78 is 0. The van der Waals surface area contributed by atoms with E-state index >= 15 is 0 Å². The number of aryl methyl sites for hydroxylation is 2. The topological polar surface area (TPSA) is 40.5 Å². The number of hydrogen-bond acceptors (Lipinski definition) is 2. The van der Waals surface area contributed by atoms with Crippen molar-refractivity contribution in [1.82, 2.24) is 0 Å². The van der Waals surface area contributed by atoms with Crippen LogP contribution in [0.4, 0.5) is 0 Å². The third-order valence-corrected chi connectivity index (χ3v) is 8.50. The second-order valence-corrected chi connectivity index (χ2v) is 16.8. The van der Waals surface area contributed by atoms with Gasteiger partial charge in [0.25, 0.3) is 0 Å². The molecule has 2 rings (SSSR count). The molecule has 0 spiro atoms. The second kappa shape index (κ2) is 14.0. The summed E-state index contributed by atoms with van der Waals surface area (Å²) in [6, 6.07) is 8.99. The minimum atomic E-state index is -0.0606. The molecule has 0 aliphatic carbocycles. The van der Waals surface area contributed by atoms with Gasteiger partial charge in [0.2, 0.25) is 0 Å². The molecule has 2 aromatic carbocycles. The lowest BCUT2D eigenvalue weighted by molar-refractivity contribution is 0.421. The number of phenolic OH excluding ortho intramolecular Hbond substituents is 2. The lowest BCUT2D eigenvalue weighted by atomic mass is 9.78. The summed E-state index contributed by atoms with van der Waals surface area (Å²) in [5, 5.41) is 21.9. The van der Waals surface area contributed by atoms with Gasteiger partial charge in [0, 0.05) is 0 Å². The van der Waals surface area contributed by atoms with Crippen LogP contribution in [0.25, 0.3) is 0 Å². The third kappa shape index (κ3) is 10.7. The van der Waals surface area contributed by atoms with E-state index in [0.29, 0.717) is 11.5 Å². The molecule has 0 fully saturated rings. The molecule has 0 radical (unpaired) electrons. The predicted molar refractivity (Wildman–Crippen MR) is 180 cm³/mol. The molecule has 41 heavy (non-hydrogen) atoms. The highest BCUT2D eigenvalue weighted by molar-refractivity contribution is 5.51. The first-order valence-electron chi connectivity index (χ1n) is 16.5. The Bertz CT molecular complexity index is 951. The predicted octanol–water partition coefficient (Wildman–Crippen LogP) is 11.6. The summed E-state index contributed by atoms with van der Waals surface area (Å²) >= 11 is 0. The van der Waals surface area contributed by atoms with Gasteiger partial charge in [-0.05, 0) is 80.7 Å². The quantitative estimate of drug-likeness (QED) is 0.252. The summed E-state index contributed by atoms with van der Waals surface area (Å²) in [7, 11) is 0. The molecule has 0 saturated heterocycles. The van der Waals surface area contributed by atoms with Gasteiger partial charge in [-0.2, -0.15) is 0 Å². The van der Waals surface area contributed by atoms with Crippen molar-refractivity contribution in [3.63, 3.8) is 0 Å². The summed E-state index contributed by atoms with van der Waals surface area (Å²) in [6.07, 6.45) is 13.8. The van der Waals surface area contributed by atoms with Gasteiger partial charge in [0.15, 0.2) is 0 Å². The van der Waals surface area contributed by atoms with Gasteiger partial charge in [-0.15, -0.1) is 0 Å². The maximum atomic E-state index is 11.0. The van der Waals surface area contributed by atoms with Crippen molar-refractivity contribution in [2.45, 2.75) is 175 Å². The van der Waals surface area contributed by atoms with E-state index in [9.17, 15) is 10.2 Å². The normalized spacial score (nSPS) is 13.2. The van der Waals surface area contributed by atoms with E-state index in [0.717, 1.165) is 35.1 Å². The van der Waals surface area contributed by atoms with Crippen molar-refractivity contribution in [3.05, 3.63) is 57.6 Å². The van der Waals surface area contributed by atoms with Crippen molar-refractivity contribution < 1.29 is 10.2 Å². The van der Waals surface area contributed by atoms with Gasteiger partial charge in [0.05, 0.1) is 0 Å². The number of phenols is 2. The Hall–Kier alpha value is -1.96. The largest absolute Gasteiger partial charge is 0.507 e. The fourth-order valence-corrected chi connectivity index (χ4v) is 5.86. The smallest absolute Gasteiger partial charge is 0.123 e. The number of unbranched alkanes of at least 4 members (excludes halogenated alkanes) is 8. The van der Waals surface area contributed by atoms with Crippen molar-refractivity contribution in [2.24, 2.45) is 0 Å². The molecule has 232 valence electrons. The molecule has 0 aliphatic rings. The molecular formula is C39H64O2. The Labute approximate surface area is 254 Å². The molecule has 0 bridgehead atoms. The lowest BCUT2D eigenvalue weighted by Gasteiger charge is -2.28. The maximum absolute atomic E-state index is 11.0. The van der Waals surface area contributed by atoms with E-state index in [4.69, 9.17) is 0 Å². The van der Waals surface area contributed by atoms with Crippen LogP contribution in [-0.4, -0.2) is 10.2 Å². The monoisotopic (exact) mass is 564 g/mol. The van der Waals surface area contributed by atoms with Crippen LogP contribution in [0.5, 0.6) is 11.5 Å². The zero-order valence-corrected chi connectivity index (χ0v) is 29.0. The standard InChI is InChI=1S/C39H64O2/c1-36(2,3)30-24-28(25-31(34(30)40)37(4,5)6)22-20-18-16-14-13-15-17-19-21-23-29-26-32(38(7,8)9)35(41)33(27-29)39(10,11)12/h24-27,40-41H,13-23H2,1-12H3. The molecule has 2 nitrogen and oxygen atoms in total. The Morgan fingerprint density at radius 3 is 0.756 bits per heavy atom. The van der Waals surface area contributed by atoms with Crippen LogP contribution >= 0.6 is 0 Å². The Balaban J connectivity index is 1.74. The average molecular weight is 565 g/mol. The maximum Gasteiger partial charge on any atom is 0.123 e. The van der Waals surface area contributed by atoms with E-state index in [2.05, 4.69) is 107 Å². The zero-order valence-electron chi connectivity index (χ0n) is 29.0. The SMILES string of the molecule is CC(C)(C)c1cc(CCCCCCCCCCCc2cc(C(C)(C)C)c(O)c(C(C)(C)C)c2)cc(C(C)(C)C)c1O. The van der Waals surface area contributed by atoms with Crippen molar-refractivity contribution >= 4 is 0 Å². The van der Waals surface area contributed by atoms with Gasteiger partial charge in [-0.3, -0.25) is 0 Å². The van der Waals surface area contributed by atoms with Gasteiger partial charge in [0.1, 0.15) is 11.5 Å². The summed E-state index contributed by atoms with van der Waals surface area (Å²) in [6.45, 7) is 26.3. The van der Waals surface area contributed by atoms with Crippen molar-refractivity contribution in [2.75, 3.05) is 0 Å². The highest BCUT2D eigenvalue weighted by Gasteiger charge is 2.27. The van der Waals surface area contributed by atoms with Crippen LogP contribution in [0.2, 0.25) is 0 Å². The first kappa shape index (κ1) is 35.2. The molecule has 2 aromatic rings. The summed E-state index contributed by atoms with van der Waals surface area (Å²) in [5.41, 5.74) is 6.81. The van der Waals surface area contributed by atoms with Gasteiger partial charge < -0.3 is 10.2 Å². The number of rotatable bonds is 12. The highest BCUT2D eigenvalue weighted by Crippen LogP contribution is 2.41. The first-order valence-corrected chi connectivity index (χ1v) is 16.5. The Morgan fingerprint density at radius 2 is 0.561 bits per heavy atom. The number of aromatic hydroxyl groups is 2. The van der Waals surface area contributed by atoms with E-state index in [1.54, 1.807) is 0 Å². The van der Waals surface area contributed by atoms with E-state index in [-0.39, 0.29) is 21.7 Å². The fraction of sp³-hybridized carbons (Fsp3) is 0.692. The zero-order chi connectivity index (χ0) is 31.2. The lowest BCUT2D eigenvalue weighted by Crippen LogP contribution is -2.18. The van der Waals surface area contributed by atoms with Crippen LogP contribution in [0, 0.1) is 0 Å². The Kier molecular flexibility index (Phi) is 12.0. The molecule has 0 aromatic heterocycles. The molecule has 0 saturated carbocycles. The minimum absolute atomic E-state index is 0.0606. The number of hydrogen-bond donors (Lipinski definition) is 2. The first-order chi connectivity index (χ1) is 18.7. The summed E-state index contributed by atoms with van der Waals surface area (Å²) in [5.74, 6) is 0.974. The second-order valence-electron chi connectivity index (χ2n) is 16.8. The molecular weight excluding hydrogens is 500 g/mol. The van der Waals surface area contributed by atoms with Crippen LogP contribution < -0.4 is 0 Å². The molecule has 0 aliphatic heterocycles. The van der Waals surface area contributed by atoms with Gasteiger partial charge >= 0.3 is 0 Å². The fourth-order valence-electron chi connectivity index (χ4n) is 5.86. The third-order valence-electron chi connectivity index (χ3n) is 8.50. The van der Waals surface area contributed by atoms with Crippen molar-refractivity contribution in [1.29, 1.82) is 0 Å². The summed E-state index contributed by atoms with van der Waals surface area (Å²) in [4.78, 5) is 0. The van der Waals surface area contributed by atoms with Gasteiger partial charge in [-0.25, -0.2) is 0 Å². The van der Waals surface area contributed by atoms with E-state index in [1.165, 1.54) is 68.9 Å². The Morgan fingerprint density at radius 1 is 0.366 bits per heavy atom. The molecule has 2 heteroatoms. The van der Waals surface area contributed by atoms with E-state index < -0.39 is 0 Å². The highest BCUT2D eigenvalue weighted by atomic mass is 16.3. The van der Waals surface area contributed by atoms with Crippen LogP contribution in [0.3, 0.4) is 0 Å². The van der Waals surface area contributed by atoms with Crippen LogP contribution in [0.15, 0.2) is 24.3 Å². The molecule has 0 heterocycles. The van der Waals surface area contributed by atoms with Crippen LogP contribution in [-0.2, 0) is 34.5 Å². The van der Waals surface area contributed by atoms with E-state index in [1.807, 2.05) is 0 Å². The van der Waals surface area contributed by atoms with Gasteiger partial charge in [-0.1, -0.05) is 152 Å². The number of benzene rings is 2. The molecule has 0 amide bonds. The molecule has 0 atom stereocenters. The molecule has 0 unspecified atom stereocenters. The average Bonchev–Trinajstić information content (AvgIpc) is 2.81. The minimum Gasteiger partial charge on any atom is -0.507 e. The van der Waals surface area contributed by atoms with Crippen LogP contribution in [0.1, 0.15) is 174 Å². The van der Waals surface area contributed by atoms with Crippen molar-refractivity contribution in [3.8, 4) is 11.5 Å².